The molecule has 1 atom stereocenters. The Kier molecular flexibility index (Phi) is 5.38. The minimum atomic E-state index is -0.336. The molecular formula is C24H22F2N2O. The number of halogens is 2. The fourth-order valence-corrected chi connectivity index (χ4v) is 3.97. The van der Waals surface area contributed by atoms with E-state index < -0.39 is 0 Å². The zero-order chi connectivity index (χ0) is 20.4. The highest BCUT2D eigenvalue weighted by atomic mass is 19.1. The molecule has 5 heteroatoms. The summed E-state index contributed by atoms with van der Waals surface area (Å²) in [4.78, 5) is 19.5. The van der Waals surface area contributed by atoms with Crippen molar-refractivity contribution in [1.29, 1.82) is 0 Å². The molecule has 148 valence electrons. The standard InChI is InChI=1S/C24H22F2N2O/c1-16-12-19(18-7-9-20(25)10-8-18)15-22(27-16)23-6-3-11-28(23)24(29)14-17-4-2-5-21(26)13-17/h2,4-5,7-10,12-13,15,23H,3,6,11,14H2,1H3. The molecule has 1 saturated heterocycles. The van der Waals surface area contributed by atoms with E-state index in [1.807, 2.05) is 24.0 Å². The summed E-state index contributed by atoms with van der Waals surface area (Å²) in [6.45, 7) is 2.59. The summed E-state index contributed by atoms with van der Waals surface area (Å²) >= 11 is 0. The van der Waals surface area contributed by atoms with Crippen molar-refractivity contribution in [3.8, 4) is 11.1 Å². The Morgan fingerprint density at radius 1 is 1.03 bits per heavy atom. The number of hydrogen-bond acceptors (Lipinski definition) is 2. The van der Waals surface area contributed by atoms with Crippen LogP contribution in [0.1, 0.15) is 35.8 Å². The number of carbonyl (C=O) groups excluding carboxylic acids is 1. The SMILES string of the molecule is Cc1cc(-c2ccc(F)cc2)cc(C2CCCN2C(=O)Cc2cccc(F)c2)n1. The predicted octanol–water partition coefficient (Wildman–Crippen LogP) is 5.24. The fraction of sp³-hybridized carbons (Fsp3) is 0.250. The third-order valence-electron chi connectivity index (χ3n) is 5.31. The van der Waals surface area contributed by atoms with Crippen LogP contribution in [0.4, 0.5) is 8.78 Å². The lowest BCUT2D eigenvalue weighted by Crippen LogP contribution is -2.32. The Hall–Kier alpha value is -3.08. The lowest BCUT2D eigenvalue weighted by molar-refractivity contribution is -0.131. The van der Waals surface area contributed by atoms with Gasteiger partial charge in [0.1, 0.15) is 11.6 Å². The molecule has 1 unspecified atom stereocenters. The molecule has 3 aromatic rings. The first-order valence-electron chi connectivity index (χ1n) is 9.78. The Balaban J connectivity index is 1.59. The van der Waals surface area contributed by atoms with Gasteiger partial charge in [0, 0.05) is 12.2 Å². The van der Waals surface area contributed by atoms with Crippen molar-refractivity contribution < 1.29 is 13.6 Å². The molecule has 0 radical (unpaired) electrons. The number of aromatic nitrogens is 1. The molecule has 1 aromatic heterocycles. The van der Waals surface area contributed by atoms with Gasteiger partial charge in [-0.2, -0.15) is 0 Å². The normalized spacial score (nSPS) is 16.2. The number of aryl methyl sites for hydroxylation is 1. The van der Waals surface area contributed by atoms with Crippen LogP contribution in [0.15, 0.2) is 60.7 Å². The third kappa shape index (κ3) is 4.34. The van der Waals surface area contributed by atoms with E-state index in [0.717, 1.165) is 35.4 Å². The van der Waals surface area contributed by atoms with Crippen molar-refractivity contribution >= 4 is 5.91 Å². The predicted molar refractivity (Wildman–Crippen MR) is 108 cm³/mol. The van der Waals surface area contributed by atoms with Gasteiger partial charge in [-0.05, 0) is 72.9 Å². The quantitative estimate of drug-likeness (QED) is 0.608. The van der Waals surface area contributed by atoms with Crippen LogP contribution in [0.25, 0.3) is 11.1 Å². The van der Waals surface area contributed by atoms with Gasteiger partial charge in [-0.15, -0.1) is 0 Å². The summed E-state index contributed by atoms with van der Waals surface area (Å²) in [5.41, 5.74) is 4.23. The van der Waals surface area contributed by atoms with Crippen LogP contribution in [-0.4, -0.2) is 22.3 Å². The van der Waals surface area contributed by atoms with Gasteiger partial charge < -0.3 is 4.90 Å². The summed E-state index contributed by atoms with van der Waals surface area (Å²) in [6, 6.07) is 16.4. The van der Waals surface area contributed by atoms with Crippen molar-refractivity contribution in [2.24, 2.45) is 0 Å². The summed E-state index contributed by atoms with van der Waals surface area (Å²) < 4.78 is 26.7. The van der Waals surface area contributed by atoms with Crippen molar-refractivity contribution in [2.75, 3.05) is 6.54 Å². The van der Waals surface area contributed by atoms with Crippen LogP contribution in [0.2, 0.25) is 0 Å². The first kappa shape index (κ1) is 19.2. The maximum absolute atomic E-state index is 13.5. The molecule has 0 aliphatic carbocycles. The molecule has 4 rings (SSSR count). The average molecular weight is 392 g/mol. The van der Waals surface area contributed by atoms with Gasteiger partial charge in [-0.25, -0.2) is 8.78 Å². The molecule has 2 aromatic carbocycles. The number of benzene rings is 2. The number of rotatable bonds is 4. The first-order valence-corrected chi connectivity index (χ1v) is 9.78. The van der Waals surface area contributed by atoms with Crippen LogP contribution < -0.4 is 0 Å². The Morgan fingerprint density at radius 3 is 2.59 bits per heavy atom. The second kappa shape index (κ2) is 8.11. The van der Waals surface area contributed by atoms with Crippen molar-refractivity contribution in [3.63, 3.8) is 0 Å². The lowest BCUT2D eigenvalue weighted by atomic mass is 10.0. The van der Waals surface area contributed by atoms with Crippen LogP contribution >= 0.6 is 0 Å². The van der Waals surface area contributed by atoms with E-state index in [1.165, 1.54) is 24.3 Å². The molecule has 0 saturated carbocycles. The molecule has 0 bridgehead atoms. The monoisotopic (exact) mass is 392 g/mol. The number of nitrogens with zero attached hydrogens (tertiary/aromatic N) is 2. The van der Waals surface area contributed by atoms with Gasteiger partial charge >= 0.3 is 0 Å². The van der Waals surface area contributed by atoms with Crippen molar-refractivity contribution in [1.82, 2.24) is 9.88 Å². The molecular weight excluding hydrogens is 370 g/mol. The van der Waals surface area contributed by atoms with E-state index in [4.69, 9.17) is 0 Å². The van der Waals surface area contributed by atoms with Gasteiger partial charge in [0.15, 0.2) is 0 Å². The largest absolute Gasteiger partial charge is 0.334 e. The minimum Gasteiger partial charge on any atom is -0.334 e. The molecule has 1 fully saturated rings. The summed E-state index contributed by atoms with van der Waals surface area (Å²) in [5.74, 6) is -0.632. The van der Waals surface area contributed by atoms with E-state index in [-0.39, 0.29) is 30.0 Å². The zero-order valence-electron chi connectivity index (χ0n) is 16.2. The molecule has 1 aliphatic rings. The molecule has 1 amide bonds. The third-order valence-corrected chi connectivity index (χ3v) is 5.31. The maximum atomic E-state index is 13.5. The molecule has 2 heterocycles. The summed E-state index contributed by atoms with van der Waals surface area (Å²) in [6.07, 6.45) is 1.92. The van der Waals surface area contributed by atoms with E-state index in [1.54, 1.807) is 24.3 Å². The molecule has 29 heavy (non-hydrogen) atoms. The second-order valence-corrected chi connectivity index (χ2v) is 7.48. The molecule has 3 nitrogen and oxygen atoms in total. The van der Waals surface area contributed by atoms with E-state index in [2.05, 4.69) is 4.98 Å². The smallest absolute Gasteiger partial charge is 0.227 e. The Bertz CT molecular complexity index is 1030. The van der Waals surface area contributed by atoms with Crippen LogP contribution in [0.5, 0.6) is 0 Å². The molecule has 1 aliphatic heterocycles. The van der Waals surface area contributed by atoms with Gasteiger partial charge in [0.2, 0.25) is 5.91 Å². The van der Waals surface area contributed by atoms with Gasteiger partial charge in [0.05, 0.1) is 18.2 Å². The number of pyridine rings is 1. The van der Waals surface area contributed by atoms with Gasteiger partial charge in [0.25, 0.3) is 0 Å². The Labute approximate surface area is 169 Å². The highest BCUT2D eigenvalue weighted by molar-refractivity contribution is 5.79. The van der Waals surface area contributed by atoms with Crippen molar-refractivity contribution in [3.05, 3.63) is 89.2 Å². The number of carbonyl (C=O) groups is 1. The average Bonchev–Trinajstić information content (AvgIpc) is 3.18. The highest BCUT2D eigenvalue weighted by Crippen LogP contribution is 2.34. The van der Waals surface area contributed by atoms with E-state index >= 15 is 0 Å². The maximum Gasteiger partial charge on any atom is 0.227 e. The highest BCUT2D eigenvalue weighted by Gasteiger charge is 2.31. The van der Waals surface area contributed by atoms with Crippen molar-refractivity contribution in [2.45, 2.75) is 32.2 Å². The topological polar surface area (TPSA) is 33.2 Å². The molecule has 0 N–H and O–H groups in total. The van der Waals surface area contributed by atoms with Crippen LogP contribution in [0, 0.1) is 18.6 Å². The fourth-order valence-electron chi connectivity index (χ4n) is 3.97. The summed E-state index contributed by atoms with van der Waals surface area (Å²) in [7, 11) is 0. The lowest BCUT2D eigenvalue weighted by Gasteiger charge is -2.25. The van der Waals surface area contributed by atoms with E-state index in [0.29, 0.717) is 12.1 Å². The second-order valence-electron chi connectivity index (χ2n) is 7.48. The first-order chi connectivity index (χ1) is 14.0. The number of amides is 1. The number of hydrogen-bond donors (Lipinski definition) is 0. The van der Waals surface area contributed by atoms with Crippen LogP contribution in [0.3, 0.4) is 0 Å². The number of likely N-dealkylation sites (tertiary alicyclic amines) is 1. The molecule has 0 spiro atoms. The Morgan fingerprint density at radius 2 is 1.83 bits per heavy atom. The van der Waals surface area contributed by atoms with Crippen LogP contribution in [-0.2, 0) is 11.2 Å². The van der Waals surface area contributed by atoms with Gasteiger partial charge in [-0.1, -0.05) is 24.3 Å². The minimum absolute atomic E-state index is 0.0234. The zero-order valence-corrected chi connectivity index (χ0v) is 16.2. The summed E-state index contributed by atoms with van der Waals surface area (Å²) in [5, 5.41) is 0. The van der Waals surface area contributed by atoms with Gasteiger partial charge in [-0.3, -0.25) is 9.78 Å². The van der Waals surface area contributed by atoms with E-state index in [9.17, 15) is 13.6 Å².